The molecule has 0 aliphatic carbocycles. The van der Waals surface area contributed by atoms with Crippen LogP contribution in [-0.2, 0) is 0 Å². The fourth-order valence-corrected chi connectivity index (χ4v) is 1.99. The molecule has 0 spiro atoms. The molecular formula is C14H17ClN2. The van der Waals surface area contributed by atoms with Crippen molar-refractivity contribution in [1.29, 1.82) is 0 Å². The topological polar surface area (TPSA) is 24.9 Å². The van der Waals surface area contributed by atoms with Crippen LogP contribution in [0.4, 0.5) is 5.82 Å². The average molecular weight is 249 g/mol. The summed E-state index contributed by atoms with van der Waals surface area (Å²) in [5, 5.41) is 5.25. The SMILES string of the molecule is Cc1cc(NC(C)(C)C)nc2cc(Cl)ccc12. The molecule has 0 fully saturated rings. The fourth-order valence-electron chi connectivity index (χ4n) is 1.82. The zero-order valence-corrected chi connectivity index (χ0v) is 11.4. The van der Waals surface area contributed by atoms with Crippen LogP contribution in [0.1, 0.15) is 26.3 Å². The number of fused-ring (bicyclic) bond motifs is 1. The fraction of sp³-hybridized carbons (Fsp3) is 0.357. The molecule has 0 bridgehead atoms. The van der Waals surface area contributed by atoms with Gasteiger partial charge >= 0.3 is 0 Å². The van der Waals surface area contributed by atoms with Crippen LogP contribution in [0, 0.1) is 6.92 Å². The van der Waals surface area contributed by atoms with E-state index in [2.05, 4.69) is 44.1 Å². The number of aromatic nitrogens is 1. The molecule has 1 heterocycles. The van der Waals surface area contributed by atoms with Crippen molar-refractivity contribution in [2.75, 3.05) is 5.32 Å². The van der Waals surface area contributed by atoms with E-state index in [1.165, 1.54) is 5.56 Å². The predicted molar refractivity (Wildman–Crippen MR) is 74.9 cm³/mol. The Hall–Kier alpha value is -1.28. The van der Waals surface area contributed by atoms with E-state index in [4.69, 9.17) is 11.6 Å². The van der Waals surface area contributed by atoms with Crippen molar-refractivity contribution in [3.05, 3.63) is 34.9 Å². The number of benzene rings is 1. The summed E-state index contributed by atoms with van der Waals surface area (Å²) in [4.78, 5) is 4.59. The Labute approximate surface area is 107 Å². The lowest BCUT2D eigenvalue weighted by atomic mass is 10.1. The summed E-state index contributed by atoms with van der Waals surface area (Å²) in [6.45, 7) is 8.44. The highest BCUT2D eigenvalue weighted by Gasteiger charge is 2.11. The first-order chi connectivity index (χ1) is 7.85. The monoisotopic (exact) mass is 248 g/mol. The lowest BCUT2D eigenvalue weighted by Crippen LogP contribution is -2.26. The predicted octanol–water partition coefficient (Wildman–Crippen LogP) is 4.41. The van der Waals surface area contributed by atoms with Gasteiger partial charge in [-0.05, 0) is 51.5 Å². The van der Waals surface area contributed by atoms with E-state index in [1.807, 2.05) is 18.2 Å². The standard InChI is InChI=1S/C14H17ClN2/c1-9-7-13(17-14(2,3)4)16-12-8-10(15)5-6-11(9)12/h5-8H,1-4H3,(H,16,17). The Balaban J connectivity index is 2.54. The van der Waals surface area contributed by atoms with Crippen molar-refractivity contribution in [2.45, 2.75) is 33.2 Å². The maximum Gasteiger partial charge on any atom is 0.127 e. The molecule has 0 amide bonds. The quantitative estimate of drug-likeness (QED) is 0.809. The van der Waals surface area contributed by atoms with Crippen molar-refractivity contribution in [3.63, 3.8) is 0 Å². The highest BCUT2D eigenvalue weighted by atomic mass is 35.5. The minimum atomic E-state index is 0.00565. The van der Waals surface area contributed by atoms with Crippen LogP contribution in [0.15, 0.2) is 24.3 Å². The molecule has 2 nitrogen and oxygen atoms in total. The number of pyridine rings is 1. The molecule has 0 saturated heterocycles. The van der Waals surface area contributed by atoms with Gasteiger partial charge in [-0.25, -0.2) is 4.98 Å². The second-order valence-electron chi connectivity index (χ2n) is 5.36. The average Bonchev–Trinajstić information content (AvgIpc) is 2.13. The van der Waals surface area contributed by atoms with Gasteiger partial charge in [0.05, 0.1) is 5.52 Å². The Morgan fingerprint density at radius 2 is 1.88 bits per heavy atom. The molecule has 0 unspecified atom stereocenters. The molecule has 0 radical (unpaired) electrons. The van der Waals surface area contributed by atoms with Gasteiger partial charge in [-0.3, -0.25) is 0 Å². The number of hydrogen-bond acceptors (Lipinski definition) is 2. The van der Waals surface area contributed by atoms with Gasteiger partial charge in [0.15, 0.2) is 0 Å². The molecule has 1 N–H and O–H groups in total. The molecule has 17 heavy (non-hydrogen) atoms. The van der Waals surface area contributed by atoms with Gasteiger partial charge in [0.25, 0.3) is 0 Å². The van der Waals surface area contributed by atoms with Crippen molar-refractivity contribution < 1.29 is 0 Å². The van der Waals surface area contributed by atoms with Crippen LogP contribution >= 0.6 is 11.6 Å². The van der Waals surface area contributed by atoms with E-state index in [1.54, 1.807) is 0 Å². The molecule has 0 aliphatic heterocycles. The van der Waals surface area contributed by atoms with E-state index >= 15 is 0 Å². The van der Waals surface area contributed by atoms with Crippen LogP contribution in [0.3, 0.4) is 0 Å². The molecule has 2 aromatic rings. The lowest BCUT2D eigenvalue weighted by molar-refractivity contribution is 0.631. The van der Waals surface area contributed by atoms with Crippen molar-refractivity contribution in [1.82, 2.24) is 4.98 Å². The number of halogens is 1. The molecule has 1 aromatic heterocycles. The van der Waals surface area contributed by atoms with Gasteiger partial charge < -0.3 is 5.32 Å². The highest BCUT2D eigenvalue weighted by molar-refractivity contribution is 6.31. The second kappa shape index (κ2) is 4.19. The zero-order valence-electron chi connectivity index (χ0n) is 10.6. The van der Waals surface area contributed by atoms with Crippen molar-refractivity contribution in [2.24, 2.45) is 0 Å². The van der Waals surface area contributed by atoms with Crippen molar-refractivity contribution >= 4 is 28.3 Å². The first kappa shape index (κ1) is 12.2. The van der Waals surface area contributed by atoms with E-state index in [0.29, 0.717) is 0 Å². The van der Waals surface area contributed by atoms with Gasteiger partial charge in [0.1, 0.15) is 5.82 Å². The second-order valence-corrected chi connectivity index (χ2v) is 5.80. The number of nitrogens with zero attached hydrogens (tertiary/aromatic N) is 1. The minimum Gasteiger partial charge on any atom is -0.365 e. The molecular weight excluding hydrogens is 232 g/mol. The van der Waals surface area contributed by atoms with Crippen LogP contribution in [-0.4, -0.2) is 10.5 Å². The zero-order chi connectivity index (χ0) is 12.6. The molecule has 1 aromatic carbocycles. The van der Waals surface area contributed by atoms with Gasteiger partial charge in [-0.2, -0.15) is 0 Å². The minimum absolute atomic E-state index is 0.00565. The third-order valence-electron chi connectivity index (χ3n) is 2.48. The van der Waals surface area contributed by atoms with Crippen LogP contribution < -0.4 is 5.32 Å². The maximum absolute atomic E-state index is 6.00. The normalized spacial score (nSPS) is 11.8. The van der Waals surface area contributed by atoms with Crippen molar-refractivity contribution in [3.8, 4) is 0 Å². The van der Waals surface area contributed by atoms with Crippen LogP contribution in [0.2, 0.25) is 5.02 Å². The third-order valence-corrected chi connectivity index (χ3v) is 2.72. The van der Waals surface area contributed by atoms with Gasteiger partial charge in [0.2, 0.25) is 0 Å². The van der Waals surface area contributed by atoms with E-state index < -0.39 is 0 Å². The molecule has 0 atom stereocenters. The summed E-state index contributed by atoms with van der Waals surface area (Å²) in [6, 6.07) is 7.88. The summed E-state index contributed by atoms with van der Waals surface area (Å²) in [5.74, 6) is 0.893. The van der Waals surface area contributed by atoms with Gasteiger partial charge in [-0.15, -0.1) is 0 Å². The maximum atomic E-state index is 6.00. The summed E-state index contributed by atoms with van der Waals surface area (Å²) < 4.78 is 0. The number of hydrogen-bond donors (Lipinski definition) is 1. The van der Waals surface area contributed by atoms with Gasteiger partial charge in [-0.1, -0.05) is 17.7 Å². The molecule has 0 aliphatic rings. The van der Waals surface area contributed by atoms with E-state index in [-0.39, 0.29) is 5.54 Å². The Kier molecular flexibility index (Phi) is 3.00. The summed E-state index contributed by atoms with van der Waals surface area (Å²) in [5.41, 5.74) is 2.15. The first-order valence-corrected chi connectivity index (χ1v) is 6.08. The van der Waals surface area contributed by atoms with Crippen LogP contribution in [0.25, 0.3) is 10.9 Å². The highest BCUT2D eigenvalue weighted by Crippen LogP contribution is 2.24. The largest absolute Gasteiger partial charge is 0.365 e. The number of rotatable bonds is 1. The molecule has 3 heteroatoms. The van der Waals surface area contributed by atoms with Gasteiger partial charge in [0, 0.05) is 15.9 Å². The van der Waals surface area contributed by atoms with Crippen LogP contribution in [0.5, 0.6) is 0 Å². The summed E-state index contributed by atoms with van der Waals surface area (Å²) in [6.07, 6.45) is 0. The Morgan fingerprint density at radius 3 is 2.53 bits per heavy atom. The first-order valence-electron chi connectivity index (χ1n) is 5.70. The Morgan fingerprint density at radius 1 is 1.18 bits per heavy atom. The molecule has 2 rings (SSSR count). The van der Waals surface area contributed by atoms with E-state index in [0.717, 1.165) is 21.7 Å². The summed E-state index contributed by atoms with van der Waals surface area (Å²) >= 11 is 6.00. The number of anilines is 1. The number of nitrogens with one attached hydrogen (secondary N) is 1. The molecule has 0 saturated carbocycles. The smallest absolute Gasteiger partial charge is 0.127 e. The molecule has 90 valence electrons. The third kappa shape index (κ3) is 2.89. The number of aryl methyl sites for hydroxylation is 1. The Bertz CT molecular complexity index is 556. The van der Waals surface area contributed by atoms with E-state index in [9.17, 15) is 0 Å². The summed E-state index contributed by atoms with van der Waals surface area (Å²) in [7, 11) is 0. The lowest BCUT2D eigenvalue weighted by Gasteiger charge is -2.22.